The first-order chi connectivity index (χ1) is 13.0. The highest BCUT2D eigenvalue weighted by molar-refractivity contribution is 7.80. The molecule has 2 fully saturated rings. The Morgan fingerprint density at radius 1 is 1.15 bits per heavy atom. The average Bonchev–Trinajstić information content (AvgIpc) is 2.66. The Hall–Kier alpha value is -1.89. The van der Waals surface area contributed by atoms with E-state index in [1.165, 1.54) is 25.7 Å². The van der Waals surface area contributed by atoms with E-state index in [4.69, 9.17) is 22.2 Å². The first kappa shape index (κ1) is 19.9. The molecule has 148 valence electrons. The normalized spacial score (nSPS) is 23.0. The van der Waals surface area contributed by atoms with Crippen LogP contribution in [0.1, 0.15) is 39.5 Å². The molecule has 0 radical (unpaired) electrons. The summed E-state index contributed by atoms with van der Waals surface area (Å²) in [5, 5.41) is 6.77. The lowest BCUT2D eigenvalue weighted by Gasteiger charge is -2.35. The van der Waals surface area contributed by atoms with Crippen LogP contribution in [0.25, 0.3) is 0 Å². The summed E-state index contributed by atoms with van der Waals surface area (Å²) in [4.78, 5) is 14.3. The van der Waals surface area contributed by atoms with Crippen molar-refractivity contribution in [1.82, 2.24) is 15.3 Å². The fraction of sp³-hybridized carbons (Fsp3) is 0.650. The third kappa shape index (κ3) is 5.54. The van der Waals surface area contributed by atoms with E-state index in [9.17, 15) is 0 Å². The minimum atomic E-state index is 0.525. The second kappa shape index (κ2) is 9.35. The Morgan fingerprint density at radius 2 is 1.70 bits per heavy atom. The van der Waals surface area contributed by atoms with Crippen LogP contribution in [0.2, 0.25) is 0 Å². The predicted molar refractivity (Wildman–Crippen MR) is 118 cm³/mol. The lowest BCUT2D eigenvalue weighted by atomic mass is 10.00. The number of nitrogens with zero attached hydrogens (tertiary/aromatic N) is 4. The van der Waals surface area contributed by atoms with Gasteiger partial charge >= 0.3 is 0 Å². The summed E-state index contributed by atoms with van der Waals surface area (Å²) in [7, 11) is 0. The molecule has 0 saturated carbocycles. The Balaban J connectivity index is 1.84. The number of piperidine rings is 2. The van der Waals surface area contributed by atoms with E-state index in [0.29, 0.717) is 29.4 Å². The summed E-state index contributed by atoms with van der Waals surface area (Å²) < 4.78 is 0. The highest BCUT2D eigenvalue weighted by atomic mass is 32.1. The minimum absolute atomic E-state index is 0.525. The molecule has 0 spiro atoms. The second-order valence-electron chi connectivity index (χ2n) is 7.92. The summed E-state index contributed by atoms with van der Waals surface area (Å²) in [6.07, 6.45) is 6.78. The lowest BCUT2D eigenvalue weighted by molar-refractivity contribution is 0.441. The van der Waals surface area contributed by atoms with Crippen LogP contribution in [0.3, 0.4) is 0 Å². The van der Waals surface area contributed by atoms with Gasteiger partial charge in [0.15, 0.2) is 5.11 Å². The number of hydrogen-bond donors (Lipinski definition) is 2. The van der Waals surface area contributed by atoms with Gasteiger partial charge in [-0.25, -0.2) is 0 Å². The molecule has 27 heavy (non-hydrogen) atoms. The van der Waals surface area contributed by atoms with Crippen molar-refractivity contribution >= 4 is 34.9 Å². The molecule has 0 aromatic carbocycles. The van der Waals surface area contributed by atoms with Crippen molar-refractivity contribution in [3.05, 3.63) is 18.7 Å². The van der Waals surface area contributed by atoms with Crippen molar-refractivity contribution < 1.29 is 0 Å². The molecule has 2 N–H and O–H groups in total. The SMILES string of the molecule is C=CCNC(=S)Nc1nc(N2CCCC(C)C2)cc(N2CCCC(C)C2)n1. The predicted octanol–water partition coefficient (Wildman–Crippen LogP) is 3.42. The monoisotopic (exact) mass is 388 g/mol. The lowest BCUT2D eigenvalue weighted by Crippen LogP contribution is -2.37. The van der Waals surface area contributed by atoms with E-state index in [1.807, 2.05) is 0 Å². The van der Waals surface area contributed by atoms with Crippen LogP contribution in [0.4, 0.5) is 17.6 Å². The van der Waals surface area contributed by atoms with Crippen LogP contribution in [0, 0.1) is 11.8 Å². The smallest absolute Gasteiger partial charge is 0.232 e. The molecular weight excluding hydrogens is 356 g/mol. The van der Waals surface area contributed by atoms with E-state index < -0.39 is 0 Å². The molecule has 1 aromatic heterocycles. The molecule has 0 bridgehead atoms. The molecule has 3 heterocycles. The van der Waals surface area contributed by atoms with Gasteiger partial charge in [0.2, 0.25) is 5.95 Å². The van der Waals surface area contributed by atoms with Crippen molar-refractivity contribution in [2.24, 2.45) is 11.8 Å². The quantitative estimate of drug-likeness (QED) is 0.592. The van der Waals surface area contributed by atoms with Gasteiger partial charge in [0.1, 0.15) is 11.6 Å². The largest absolute Gasteiger partial charge is 0.359 e. The topological polar surface area (TPSA) is 56.3 Å². The van der Waals surface area contributed by atoms with Crippen LogP contribution in [0.15, 0.2) is 18.7 Å². The fourth-order valence-corrected chi connectivity index (χ4v) is 4.08. The number of hydrogen-bond acceptors (Lipinski definition) is 5. The van der Waals surface area contributed by atoms with E-state index in [0.717, 1.165) is 37.8 Å². The van der Waals surface area contributed by atoms with Gasteiger partial charge in [0, 0.05) is 38.8 Å². The van der Waals surface area contributed by atoms with Gasteiger partial charge in [-0.15, -0.1) is 6.58 Å². The Bertz CT molecular complexity index is 624. The molecule has 2 atom stereocenters. The highest BCUT2D eigenvalue weighted by Gasteiger charge is 2.23. The number of rotatable bonds is 5. The van der Waals surface area contributed by atoms with Crippen molar-refractivity contribution in [2.75, 3.05) is 47.8 Å². The Kier molecular flexibility index (Phi) is 6.88. The molecule has 0 aliphatic carbocycles. The van der Waals surface area contributed by atoms with Crippen molar-refractivity contribution in [3.8, 4) is 0 Å². The molecule has 2 unspecified atom stereocenters. The molecule has 7 heteroatoms. The minimum Gasteiger partial charge on any atom is -0.359 e. The zero-order valence-corrected chi connectivity index (χ0v) is 17.4. The van der Waals surface area contributed by atoms with Crippen LogP contribution in [-0.2, 0) is 0 Å². The van der Waals surface area contributed by atoms with E-state index in [1.54, 1.807) is 6.08 Å². The van der Waals surface area contributed by atoms with Gasteiger partial charge in [-0.05, 0) is 49.7 Å². The summed E-state index contributed by atoms with van der Waals surface area (Å²) in [5.74, 6) is 3.95. The molecule has 2 aliphatic rings. The van der Waals surface area contributed by atoms with E-state index >= 15 is 0 Å². The van der Waals surface area contributed by atoms with Crippen molar-refractivity contribution in [3.63, 3.8) is 0 Å². The van der Waals surface area contributed by atoms with Gasteiger partial charge in [-0.1, -0.05) is 19.9 Å². The number of anilines is 3. The van der Waals surface area contributed by atoms with Gasteiger partial charge in [0.25, 0.3) is 0 Å². The Morgan fingerprint density at radius 3 is 2.19 bits per heavy atom. The second-order valence-corrected chi connectivity index (χ2v) is 8.33. The zero-order chi connectivity index (χ0) is 19.2. The van der Waals surface area contributed by atoms with Gasteiger partial charge in [-0.3, -0.25) is 0 Å². The van der Waals surface area contributed by atoms with Crippen LogP contribution in [0.5, 0.6) is 0 Å². The summed E-state index contributed by atoms with van der Waals surface area (Å²) >= 11 is 5.36. The molecule has 6 nitrogen and oxygen atoms in total. The third-order valence-electron chi connectivity index (χ3n) is 5.29. The van der Waals surface area contributed by atoms with Gasteiger partial charge in [0.05, 0.1) is 0 Å². The molecular formula is C20H32N6S. The fourth-order valence-electron chi connectivity index (χ4n) is 3.91. The van der Waals surface area contributed by atoms with Gasteiger partial charge < -0.3 is 20.4 Å². The average molecular weight is 389 g/mol. The van der Waals surface area contributed by atoms with Crippen LogP contribution in [-0.4, -0.2) is 47.8 Å². The Labute approximate surface area is 168 Å². The number of nitrogens with one attached hydrogen (secondary N) is 2. The van der Waals surface area contributed by atoms with E-state index in [-0.39, 0.29) is 0 Å². The molecule has 3 rings (SSSR count). The van der Waals surface area contributed by atoms with Crippen molar-refractivity contribution in [2.45, 2.75) is 39.5 Å². The maximum Gasteiger partial charge on any atom is 0.232 e. The molecule has 2 saturated heterocycles. The third-order valence-corrected chi connectivity index (χ3v) is 5.54. The first-order valence-corrected chi connectivity index (χ1v) is 10.5. The number of aromatic nitrogens is 2. The maximum atomic E-state index is 5.36. The van der Waals surface area contributed by atoms with Crippen molar-refractivity contribution in [1.29, 1.82) is 0 Å². The summed E-state index contributed by atoms with van der Waals surface area (Å²) in [6.45, 7) is 13.2. The summed E-state index contributed by atoms with van der Waals surface area (Å²) in [6, 6.07) is 2.15. The first-order valence-electron chi connectivity index (χ1n) is 10.1. The molecule has 2 aliphatic heterocycles. The van der Waals surface area contributed by atoms with Crippen LogP contribution < -0.4 is 20.4 Å². The number of thiocarbonyl (C=S) groups is 1. The standard InChI is InChI=1S/C20H32N6S/c1-4-9-21-20(27)24-19-22-17(25-10-5-7-15(2)13-25)12-18(23-19)26-11-6-8-16(3)14-26/h4,12,15-16H,1,5-11,13-14H2,2-3H3,(H2,21,22,23,24,27). The van der Waals surface area contributed by atoms with E-state index in [2.05, 4.69) is 46.9 Å². The molecule has 0 amide bonds. The molecule has 1 aromatic rings. The maximum absolute atomic E-state index is 5.36. The zero-order valence-electron chi connectivity index (χ0n) is 16.6. The highest BCUT2D eigenvalue weighted by Crippen LogP contribution is 2.28. The summed E-state index contributed by atoms with van der Waals surface area (Å²) in [5.41, 5.74) is 0. The van der Waals surface area contributed by atoms with Gasteiger partial charge in [-0.2, -0.15) is 9.97 Å². The van der Waals surface area contributed by atoms with Crippen LogP contribution >= 0.6 is 12.2 Å².